The van der Waals surface area contributed by atoms with Gasteiger partial charge in [-0.2, -0.15) is 0 Å². The lowest BCUT2D eigenvalue weighted by molar-refractivity contribution is 0.117. The first-order chi connectivity index (χ1) is 17.2. The number of hydrogen-bond donors (Lipinski definition) is 0. The van der Waals surface area contributed by atoms with Crippen molar-refractivity contribution in [1.82, 2.24) is 24.7 Å². The van der Waals surface area contributed by atoms with Gasteiger partial charge < -0.3 is 14.2 Å². The molecular formula is C24H30ClN5O5S. The summed E-state index contributed by atoms with van der Waals surface area (Å²) in [5.74, 6) is 1.42. The van der Waals surface area contributed by atoms with Crippen molar-refractivity contribution in [2.75, 3.05) is 20.8 Å². The standard InChI is InChI=1S/C24H30ClN5O5S/c1-14(23-26-11-17(25)12-27-23)16(3)36(31,32)13-21-28-29-24(18-9-10-35-15(18)2)30(21)22-19(33-4)7-6-8-20(22)34-5/h6-8,11-12,14-16,18H,9-10,13H2,1-5H3/t14-,15+,16-,18-/m0/s1. The van der Waals surface area contributed by atoms with E-state index >= 15 is 0 Å². The highest BCUT2D eigenvalue weighted by atomic mass is 35.5. The van der Waals surface area contributed by atoms with Crippen LogP contribution in [0.15, 0.2) is 30.6 Å². The number of methoxy groups -OCH3 is 2. The zero-order valence-corrected chi connectivity index (χ0v) is 22.5. The fraction of sp³-hybridized carbons (Fsp3) is 0.500. The van der Waals surface area contributed by atoms with Crippen LogP contribution >= 0.6 is 11.6 Å². The van der Waals surface area contributed by atoms with E-state index in [1.165, 1.54) is 12.4 Å². The zero-order valence-electron chi connectivity index (χ0n) is 20.9. The molecule has 194 valence electrons. The van der Waals surface area contributed by atoms with E-state index in [1.807, 2.05) is 6.92 Å². The van der Waals surface area contributed by atoms with E-state index in [4.69, 9.17) is 25.8 Å². The summed E-state index contributed by atoms with van der Waals surface area (Å²) in [6.07, 6.45) is 3.56. The Hall–Kier alpha value is -2.76. The van der Waals surface area contributed by atoms with E-state index in [2.05, 4.69) is 20.2 Å². The van der Waals surface area contributed by atoms with Crippen LogP contribution in [0.5, 0.6) is 11.5 Å². The van der Waals surface area contributed by atoms with Crippen LogP contribution in [-0.4, -0.2) is 65.3 Å². The minimum Gasteiger partial charge on any atom is -0.494 e. The predicted molar refractivity (Wildman–Crippen MR) is 135 cm³/mol. The summed E-state index contributed by atoms with van der Waals surface area (Å²) in [6, 6.07) is 5.38. The van der Waals surface area contributed by atoms with Crippen LogP contribution in [0.1, 0.15) is 56.5 Å². The summed E-state index contributed by atoms with van der Waals surface area (Å²) in [5, 5.41) is 8.40. The molecule has 2 aromatic heterocycles. The second kappa shape index (κ2) is 10.7. The van der Waals surface area contributed by atoms with Gasteiger partial charge in [-0.25, -0.2) is 18.4 Å². The monoisotopic (exact) mass is 535 g/mol. The number of rotatable bonds is 9. The average Bonchev–Trinajstić information content (AvgIpc) is 3.47. The molecule has 0 amide bonds. The Kier molecular flexibility index (Phi) is 7.82. The van der Waals surface area contributed by atoms with Crippen LogP contribution in [0.3, 0.4) is 0 Å². The van der Waals surface area contributed by atoms with Crippen molar-refractivity contribution in [3.63, 3.8) is 0 Å². The summed E-state index contributed by atoms with van der Waals surface area (Å²) in [5.41, 5.74) is 0.550. The minimum atomic E-state index is -3.71. The fourth-order valence-corrected chi connectivity index (χ4v) is 6.07. The summed E-state index contributed by atoms with van der Waals surface area (Å²) < 4.78 is 46.0. The molecule has 1 aliphatic heterocycles. The molecule has 0 radical (unpaired) electrons. The van der Waals surface area contributed by atoms with E-state index in [1.54, 1.807) is 50.8 Å². The first kappa shape index (κ1) is 26.3. The number of sulfone groups is 1. The van der Waals surface area contributed by atoms with Gasteiger partial charge >= 0.3 is 0 Å². The second-order valence-corrected chi connectivity index (χ2v) is 11.6. The molecule has 10 nitrogen and oxygen atoms in total. The number of benzene rings is 1. The smallest absolute Gasteiger partial charge is 0.160 e. The maximum atomic E-state index is 13.6. The van der Waals surface area contributed by atoms with Gasteiger partial charge in [-0.05, 0) is 32.4 Å². The summed E-state index contributed by atoms with van der Waals surface area (Å²) in [7, 11) is -0.610. The normalized spacial score (nSPS) is 19.7. The van der Waals surface area contributed by atoms with Crippen molar-refractivity contribution in [2.45, 2.75) is 56.1 Å². The number of aromatic nitrogens is 5. The van der Waals surface area contributed by atoms with Gasteiger partial charge in [0.25, 0.3) is 0 Å². The van der Waals surface area contributed by atoms with E-state index in [-0.39, 0.29) is 23.6 Å². The lowest BCUT2D eigenvalue weighted by atomic mass is 10.0. The van der Waals surface area contributed by atoms with Gasteiger partial charge in [0.2, 0.25) is 0 Å². The van der Waals surface area contributed by atoms with E-state index < -0.39 is 21.0 Å². The molecule has 1 saturated heterocycles. The molecule has 1 fully saturated rings. The fourth-order valence-electron chi connectivity index (χ4n) is 4.42. The molecule has 0 bridgehead atoms. The van der Waals surface area contributed by atoms with E-state index in [9.17, 15) is 8.42 Å². The number of ether oxygens (including phenoxy) is 3. The first-order valence-corrected chi connectivity index (χ1v) is 13.7. The van der Waals surface area contributed by atoms with E-state index in [0.29, 0.717) is 40.5 Å². The maximum Gasteiger partial charge on any atom is 0.160 e. The molecule has 0 unspecified atom stereocenters. The Morgan fingerprint density at radius 2 is 1.78 bits per heavy atom. The number of nitrogens with zero attached hydrogens (tertiary/aromatic N) is 5. The molecule has 0 spiro atoms. The van der Waals surface area contributed by atoms with Gasteiger partial charge in [-0.1, -0.05) is 24.6 Å². The van der Waals surface area contributed by atoms with Gasteiger partial charge in [-0.15, -0.1) is 10.2 Å². The Morgan fingerprint density at radius 3 is 2.33 bits per heavy atom. The molecule has 3 heterocycles. The van der Waals surface area contributed by atoms with Gasteiger partial charge in [-0.3, -0.25) is 4.57 Å². The molecule has 4 atom stereocenters. The van der Waals surface area contributed by atoms with Crippen molar-refractivity contribution in [1.29, 1.82) is 0 Å². The highest BCUT2D eigenvalue weighted by molar-refractivity contribution is 7.91. The molecule has 0 saturated carbocycles. The Bertz CT molecular complexity index is 1290. The first-order valence-electron chi connectivity index (χ1n) is 11.6. The largest absolute Gasteiger partial charge is 0.494 e. The van der Waals surface area contributed by atoms with Crippen molar-refractivity contribution in [2.24, 2.45) is 0 Å². The number of hydrogen-bond acceptors (Lipinski definition) is 9. The molecule has 4 rings (SSSR count). The molecular weight excluding hydrogens is 506 g/mol. The summed E-state index contributed by atoms with van der Waals surface area (Å²) >= 11 is 5.89. The van der Waals surface area contributed by atoms with E-state index in [0.717, 1.165) is 6.42 Å². The lowest BCUT2D eigenvalue weighted by Crippen LogP contribution is -2.28. The highest BCUT2D eigenvalue weighted by Crippen LogP contribution is 2.39. The van der Waals surface area contributed by atoms with Crippen LogP contribution in [0.4, 0.5) is 0 Å². The lowest BCUT2D eigenvalue weighted by Gasteiger charge is -2.22. The Balaban J connectivity index is 1.78. The van der Waals surface area contributed by atoms with Crippen LogP contribution in [-0.2, 0) is 20.3 Å². The van der Waals surface area contributed by atoms with Gasteiger partial charge in [0.1, 0.15) is 34.6 Å². The summed E-state index contributed by atoms with van der Waals surface area (Å²) in [6.45, 7) is 5.99. The van der Waals surface area contributed by atoms with Crippen molar-refractivity contribution < 1.29 is 22.6 Å². The average molecular weight is 536 g/mol. The van der Waals surface area contributed by atoms with Crippen LogP contribution in [0.25, 0.3) is 5.69 Å². The zero-order chi connectivity index (χ0) is 26.0. The van der Waals surface area contributed by atoms with Crippen molar-refractivity contribution in [3.8, 4) is 17.2 Å². The van der Waals surface area contributed by atoms with Crippen LogP contribution in [0, 0.1) is 0 Å². The third-order valence-corrected chi connectivity index (χ3v) is 9.13. The highest BCUT2D eigenvalue weighted by Gasteiger charge is 2.36. The third kappa shape index (κ3) is 5.05. The third-order valence-electron chi connectivity index (χ3n) is 6.74. The van der Waals surface area contributed by atoms with Crippen LogP contribution in [0.2, 0.25) is 5.02 Å². The van der Waals surface area contributed by atoms with Crippen LogP contribution < -0.4 is 9.47 Å². The second-order valence-electron chi connectivity index (χ2n) is 8.85. The molecule has 1 aromatic carbocycles. The van der Waals surface area contributed by atoms with Crippen molar-refractivity contribution in [3.05, 3.63) is 53.1 Å². The van der Waals surface area contributed by atoms with Crippen molar-refractivity contribution >= 4 is 21.4 Å². The maximum absolute atomic E-state index is 13.6. The Labute approximate surface area is 215 Å². The number of para-hydroxylation sites is 1. The predicted octanol–water partition coefficient (Wildman–Crippen LogP) is 3.73. The molecule has 12 heteroatoms. The minimum absolute atomic E-state index is 0.0672. The SMILES string of the molecule is COc1cccc(OC)c1-n1c(CS(=O)(=O)[C@@H](C)[C@H](C)c2ncc(Cl)cn2)nnc1[C@H]1CCO[C@@H]1C. The topological polar surface area (TPSA) is 118 Å². The number of halogens is 1. The molecule has 0 N–H and O–H groups in total. The molecule has 0 aliphatic carbocycles. The van der Waals surface area contributed by atoms with Gasteiger partial charge in [0, 0.05) is 30.8 Å². The van der Waals surface area contributed by atoms with Gasteiger partial charge in [0.15, 0.2) is 15.7 Å². The molecule has 3 aromatic rings. The molecule has 1 aliphatic rings. The molecule has 36 heavy (non-hydrogen) atoms. The summed E-state index contributed by atoms with van der Waals surface area (Å²) in [4.78, 5) is 8.41. The van der Waals surface area contributed by atoms with Gasteiger partial charge in [0.05, 0.1) is 30.6 Å². The quantitative estimate of drug-likeness (QED) is 0.403. The Morgan fingerprint density at radius 1 is 1.14 bits per heavy atom.